The summed E-state index contributed by atoms with van der Waals surface area (Å²) >= 11 is 0. The maximum atomic E-state index is 3.03. The van der Waals surface area contributed by atoms with Crippen LogP contribution in [-0.2, 0) is 0 Å². The highest BCUT2D eigenvalue weighted by molar-refractivity contribution is 5.01. The first-order valence-electron chi connectivity index (χ1n) is 4.37. The molecule has 1 aliphatic rings. The van der Waals surface area contributed by atoms with Crippen LogP contribution in [0.5, 0.6) is 0 Å². The van der Waals surface area contributed by atoms with E-state index in [9.17, 15) is 0 Å². The van der Waals surface area contributed by atoms with Crippen molar-refractivity contribution in [3.63, 3.8) is 0 Å². The molecule has 1 rings (SSSR count). The van der Waals surface area contributed by atoms with Crippen molar-refractivity contribution in [2.75, 3.05) is 0 Å². The molecular weight excluding hydrogens is 120 g/mol. The largest absolute Gasteiger partial charge is 0.103 e. The molecule has 0 bridgehead atoms. The molecule has 0 heteroatoms. The molecule has 0 aromatic rings. The molecule has 0 fully saturated rings. The third-order valence-corrected chi connectivity index (χ3v) is 1.48. The topological polar surface area (TPSA) is 0 Å². The Hall–Kier alpha value is -0.440. The molecular formula is C10H18. The predicted octanol–water partition coefficient (Wildman–Crippen LogP) is 3.37. The molecule has 58 valence electrons. The molecule has 10 heavy (non-hydrogen) atoms. The highest BCUT2D eigenvalue weighted by atomic mass is 13.9. The molecule has 0 aliphatic heterocycles. The average molecular weight is 138 g/mol. The Labute approximate surface area is 65.0 Å². The van der Waals surface area contributed by atoms with E-state index in [4.69, 9.17) is 0 Å². The average Bonchev–Trinajstić information content (AvgIpc) is 2.08. The van der Waals surface area contributed by atoms with Gasteiger partial charge in [-0.2, -0.15) is 0 Å². The van der Waals surface area contributed by atoms with Crippen LogP contribution in [0.15, 0.2) is 0 Å². The summed E-state index contributed by atoms with van der Waals surface area (Å²) in [7, 11) is 0. The highest BCUT2D eigenvalue weighted by Crippen LogP contribution is 2.01. The Morgan fingerprint density at radius 3 is 1.40 bits per heavy atom. The number of hydrogen-bond acceptors (Lipinski definition) is 0. The summed E-state index contributed by atoms with van der Waals surface area (Å²) in [5.41, 5.74) is 0. The molecule has 0 N–H and O–H groups in total. The van der Waals surface area contributed by atoms with Gasteiger partial charge in [-0.05, 0) is 12.8 Å². The standard InChI is InChI=1S/C6H8.C4H10/c1-2-4-6-5-3-1;1-3-4-2/h1-4H2;3-4H2,1-2H3. The molecule has 0 radical (unpaired) electrons. The monoisotopic (exact) mass is 138 g/mol. The second kappa shape index (κ2) is 8.56. The Kier molecular flexibility index (Phi) is 8.18. The third-order valence-electron chi connectivity index (χ3n) is 1.48. The normalized spacial score (nSPS) is 14.2. The van der Waals surface area contributed by atoms with E-state index in [-0.39, 0.29) is 0 Å². The molecule has 0 nitrogen and oxygen atoms in total. The van der Waals surface area contributed by atoms with Crippen molar-refractivity contribution in [2.45, 2.75) is 52.4 Å². The van der Waals surface area contributed by atoms with E-state index in [0.717, 1.165) is 12.8 Å². The van der Waals surface area contributed by atoms with Crippen molar-refractivity contribution in [1.82, 2.24) is 0 Å². The van der Waals surface area contributed by atoms with Crippen molar-refractivity contribution in [3.05, 3.63) is 0 Å². The second-order valence-electron chi connectivity index (χ2n) is 2.56. The molecule has 0 atom stereocenters. The lowest BCUT2D eigenvalue weighted by Crippen LogP contribution is -1.77. The third kappa shape index (κ3) is 7.56. The lowest BCUT2D eigenvalue weighted by atomic mass is 10.1. The maximum Gasteiger partial charge on any atom is 0.00890 e. The van der Waals surface area contributed by atoms with Gasteiger partial charge in [0.1, 0.15) is 0 Å². The summed E-state index contributed by atoms with van der Waals surface area (Å²) in [6, 6.07) is 0. The van der Waals surface area contributed by atoms with E-state index in [2.05, 4.69) is 25.7 Å². The zero-order chi connectivity index (χ0) is 7.66. The zero-order valence-corrected chi connectivity index (χ0v) is 7.24. The molecule has 0 heterocycles. The van der Waals surface area contributed by atoms with Crippen LogP contribution in [0, 0.1) is 11.8 Å². The summed E-state index contributed by atoms with van der Waals surface area (Å²) in [6.45, 7) is 4.36. The molecule has 0 unspecified atom stereocenters. The van der Waals surface area contributed by atoms with Gasteiger partial charge in [-0.3, -0.25) is 0 Å². The summed E-state index contributed by atoms with van der Waals surface area (Å²) < 4.78 is 0. The first-order chi connectivity index (χ1) is 4.91. The minimum Gasteiger partial charge on any atom is -0.103 e. The minimum absolute atomic E-state index is 1.14. The van der Waals surface area contributed by atoms with Crippen LogP contribution >= 0.6 is 0 Å². The maximum absolute atomic E-state index is 3.03. The molecule has 1 aliphatic carbocycles. The Morgan fingerprint density at radius 1 is 0.900 bits per heavy atom. The minimum atomic E-state index is 1.14. The Balaban J connectivity index is 0.000000180. The van der Waals surface area contributed by atoms with Gasteiger partial charge in [0.2, 0.25) is 0 Å². The van der Waals surface area contributed by atoms with Gasteiger partial charge in [0, 0.05) is 12.8 Å². The van der Waals surface area contributed by atoms with Gasteiger partial charge in [-0.15, -0.1) is 11.8 Å². The van der Waals surface area contributed by atoms with Gasteiger partial charge < -0.3 is 0 Å². The Morgan fingerprint density at radius 2 is 1.30 bits per heavy atom. The summed E-state index contributed by atoms with van der Waals surface area (Å²) in [5, 5.41) is 0. The van der Waals surface area contributed by atoms with Gasteiger partial charge in [0.05, 0.1) is 0 Å². The summed E-state index contributed by atoms with van der Waals surface area (Å²) in [4.78, 5) is 0. The molecule has 0 aromatic carbocycles. The quantitative estimate of drug-likeness (QED) is 0.487. The highest BCUT2D eigenvalue weighted by Gasteiger charge is 1.86. The van der Waals surface area contributed by atoms with E-state index in [1.807, 2.05) is 0 Å². The van der Waals surface area contributed by atoms with Gasteiger partial charge in [0.25, 0.3) is 0 Å². The second-order valence-corrected chi connectivity index (χ2v) is 2.56. The van der Waals surface area contributed by atoms with Crippen molar-refractivity contribution in [2.24, 2.45) is 0 Å². The van der Waals surface area contributed by atoms with E-state index < -0.39 is 0 Å². The van der Waals surface area contributed by atoms with E-state index >= 15 is 0 Å². The lowest BCUT2D eigenvalue weighted by molar-refractivity contribution is 0.763. The first-order valence-corrected chi connectivity index (χ1v) is 4.37. The number of hydrogen-bond donors (Lipinski definition) is 0. The van der Waals surface area contributed by atoms with Crippen LogP contribution in [-0.4, -0.2) is 0 Å². The van der Waals surface area contributed by atoms with Gasteiger partial charge in [0.15, 0.2) is 0 Å². The lowest BCUT2D eigenvalue weighted by Gasteiger charge is -1.92. The van der Waals surface area contributed by atoms with Crippen LogP contribution in [0.2, 0.25) is 0 Å². The van der Waals surface area contributed by atoms with Crippen LogP contribution in [0.1, 0.15) is 52.4 Å². The van der Waals surface area contributed by atoms with Crippen LogP contribution < -0.4 is 0 Å². The predicted molar refractivity (Wildman–Crippen MR) is 46.8 cm³/mol. The fraction of sp³-hybridized carbons (Fsp3) is 0.800. The molecule has 0 saturated heterocycles. The van der Waals surface area contributed by atoms with Gasteiger partial charge in [-0.1, -0.05) is 26.7 Å². The first kappa shape index (κ1) is 9.56. The molecule has 0 amide bonds. The van der Waals surface area contributed by atoms with E-state index in [1.165, 1.54) is 25.7 Å². The number of rotatable bonds is 1. The van der Waals surface area contributed by atoms with Crippen molar-refractivity contribution < 1.29 is 0 Å². The number of unbranched alkanes of at least 4 members (excludes halogenated alkanes) is 1. The molecule has 0 aromatic heterocycles. The fourth-order valence-electron chi connectivity index (χ4n) is 0.604. The summed E-state index contributed by atoms with van der Waals surface area (Å²) in [5.74, 6) is 6.07. The smallest absolute Gasteiger partial charge is 0.00890 e. The van der Waals surface area contributed by atoms with E-state index in [0.29, 0.717) is 0 Å². The fourth-order valence-corrected chi connectivity index (χ4v) is 0.604. The SMILES string of the molecule is C1#CCCCC1.CCCC. The van der Waals surface area contributed by atoms with Gasteiger partial charge >= 0.3 is 0 Å². The van der Waals surface area contributed by atoms with Crippen molar-refractivity contribution >= 4 is 0 Å². The van der Waals surface area contributed by atoms with Gasteiger partial charge in [-0.25, -0.2) is 0 Å². The summed E-state index contributed by atoms with van der Waals surface area (Å²) in [6.07, 6.45) is 7.57. The van der Waals surface area contributed by atoms with E-state index in [1.54, 1.807) is 0 Å². The van der Waals surface area contributed by atoms with Crippen LogP contribution in [0.4, 0.5) is 0 Å². The van der Waals surface area contributed by atoms with Crippen LogP contribution in [0.3, 0.4) is 0 Å². The van der Waals surface area contributed by atoms with Crippen molar-refractivity contribution in [1.29, 1.82) is 0 Å². The Bertz CT molecular complexity index is 90.9. The zero-order valence-electron chi connectivity index (χ0n) is 7.24. The van der Waals surface area contributed by atoms with Crippen molar-refractivity contribution in [3.8, 4) is 11.8 Å². The molecule has 0 saturated carbocycles. The van der Waals surface area contributed by atoms with Crippen LogP contribution in [0.25, 0.3) is 0 Å². The molecule has 0 spiro atoms.